The van der Waals surface area contributed by atoms with Gasteiger partial charge >= 0.3 is 6.18 Å². The summed E-state index contributed by atoms with van der Waals surface area (Å²) in [6.45, 7) is 1.00. The molecule has 0 atom stereocenters. The monoisotopic (exact) mass is 321 g/mol. The van der Waals surface area contributed by atoms with Crippen LogP contribution in [-0.2, 0) is 10.9 Å². The number of hydrogen-bond donors (Lipinski definition) is 1. The molecule has 1 fully saturated rings. The molecule has 1 aliphatic rings. The van der Waals surface area contributed by atoms with E-state index < -0.39 is 23.2 Å². The molecule has 1 aromatic rings. The van der Waals surface area contributed by atoms with E-state index in [1.165, 1.54) is 12.1 Å². The second-order valence-electron chi connectivity index (χ2n) is 5.06. The number of halogens is 4. The molecule has 21 heavy (non-hydrogen) atoms. The minimum atomic E-state index is -4.41. The lowest BCUT2D eigenvalue weighted by Gasteiger charge is -2.36. The first kappa shape index (κ1) is 16.1. The molecule has 7 heteroatoms. The van der Waals surface area contributed by atoms with Crippen molar-refractivity contribution in [2.45, 2.75) is 24.6 Å². The molecule has 1 N–H and O–H groups in total. The molecule has 0 radical (unpaired) electrons. The first-order valence-electron chi connectivity index (χ1n) is 6.50. The number of benzene rings is 1. The van der Waals surface area contributed by atoms with Gasteiger partial charge in [0, 0.05) is 24.7 Å². The first-order valence-corrected chi connectivity index (χ1v) is 7.03. The molecule has 1 aliphatic heterocycles. The Morgan fingerprint density at radius 3 is 2.29 bits per heavy atom. The Morgan fingerprint density at radius 1 is 1.24 bits per heavy atom. The van der Waals surface area contributed by atoms with Crippen molar-refractivity contribution >= 4 is 17.5 Å². The quantitative estimate of drug-likeness (QED) is 0.868. The Kier molecular flexibility index (Phi) is 4.78. The molecule has 3 nitrogen and oxygen atoms in total. The summed E-state index contributed by atoms with van der Waals surface area (Å²) in [6.07, 6.45) is -3.24. The van der Waals surface area contributed by atoms with E-state index in [0.29, 0.717) is 26.1 Å². The molecule has 0 saturated carbocycles. The maximum Gasteiger partial charge on any atom is 0.416 e. The number of ether oxygens (including phenoxy) is 1. The van der Waals surface area contributed by atoms with Crippen molar-refractivity contribution in [1.29, 1.82) is 0 Å². The SMILES string of the molecule is O=C(NC1(CCl)CCOCC1)c1ccc(C(F)(F)F)cc1. The minimum Gasteiger partial charge on any atom is -0.381 e. The zero-order valence-corrected chi connectivity index (χ0v) is 11.9. The Balaban J connectivity index is 2.09. The molecule has 0 aromatic heterocycles. The fraction of sp³-hybridized carbons (Fsp3) is 0.500. The predicted molar refractivity (Wildman–Crippen MR) is 72.4 cm³/mol. The minimum absolute atomic E-state index is 0.180. The second kappa shape index (κ2) is 6.23. The summed E-state index contributed by atoms with van der Waals surface area (Å²) in [4.78, 5) is 12.1. The van der Waals surface area contributed by atoms with Gasteiger partial charge in [0.1, 0.15) is 0 Å². The molecule has 1 saturated heterocycles. The first-order chi connectivity index (χ1) is 9.86. The van der Waals surface area contributed by atoms with Crippen LogP contribution >= 0.6 is 11.6 Å². The van der Waals surface area contributed by atoms with E-state index in [0.717, 1.165) is 12.1 Å². The fourth-order valence-electron chi connectivity index (χ4n) is 2.18. The van der Waals surface area contributed by atoms with E-state index in [1.54, 1.807) is 0 Å². The summed E-state index contributed by atoms with van der Waals surface area (Å²) in [5, 5.41) is 2.82. The van der Waals surface area contributed by atoms with Crippen molar-refractivity contribution in [3.05, 3.63) is 35.4 Å². The lowest BCUT2D eigenvalue weighted by molar-refractivity contribution is -0.137. The van der Waals surface area contributed by atoms with Crippen molar-refractivity contribution < 1.29 is 22.7 Å². The van der Waals surface area contributed by atoms with Crippen LogP contribution in [0, 0.1) is 0 Å². The molecule has 0 spiro atoms. The van der Waals surface area contributed by atoms with Crippen LogP contribution < -0.4 is 5.32 Å². The molecule has 0 unspecified atom stereocenters. The van der Waals surface area contributed by atoms with Gasteiger partial charge in [-0.25, -0.2) is 0 Å². The molecule has 2 rings (SSSR count). The third-order valence-corrected chi connectivity index (χ3v) is 4.07. The summed E-state index contributed by atoms with van der Waals surface area (Å²) < 4.78 is 42.7. The number of nitrogens with one attached hydrogen (secondary N) is 1. The summed E-state index contributed by atoms with van der Waals surface area (Å²) in [5.41, 5.74) is -1.16. The smallest absolute Gasteiger partial charge is 0.381 e. The van der Waals surface area contributed by atoms with Gasteiger partial charge in [-0.05, 0) is 37.1 Å². The highest BCUT2D eigenvalue weighted by molar-refractivity contribution is 6.19. The van der Waals surface area contributed by atoms with E-state index in [9.17, 15) is 18.0 Å². The zero-order valence-electron chi connectivity index (χ0n) is 11.2. The highest BCUT2D eigenvalue weighted by Gasteiger charge is 2.34. The van der Waals surface area contributed by atoms with Crippen LogP contribution in [0.1, 0.15) is 28.8 Å². The maximum atomic E-state index is 12.5. The van der Waals surface area contributed by atoms with Crippen molar-refractivity contribution in [2.24, 2.45) is 0 Å². The van der Waals surface area contributed by atoms with Crippen LogP contribution in [0.15, 0.2) is 24.3 Å². The van der Waals surface area contributed by atoms with Crippen LogP contribution in [-0.4, -0.2) is 30.5 Å². The number of carbonyl (C=O) groups excluding carboxylic acids is 1. The van der Waals surface area contributed by atoms with Gasteiger partial charge in [0.15, 0.2) is 0 Å². The summed E-state index contributed by atoms with van der Waals surface area (Å²) >= 11 is 5.93. The average molecular weight is 322 g/mol. The third-order valence-electron chi connectivity index (χ3n) is 3.56. The summed E-state index contributed by atoms with van der Waals surface area (Å²) in [7, 11) is 0. The maximum absolute atomic E-state index is 12.5. The van der Waals surface area contributed by atoms with Gasteiger partial charge in [0.2, 0.25) is 0 Å². The third kappa shape index (κ3) is 3.89. The standard InChI is InChI=1S/C14H15ClF3NO2/c15-9-13(5-7-21-8-6-13)19-12(20)10-1-3-11(4-2-10)14(16,17)18/h1-4H,5-9H2,(H,19,20). The van der Waals surface area contributed by atoms with E-state index in [2.05, 4.69) is 5.32 Å². The molecular formula is C14H15ClF3NO2. The van der Waals surface area contributed by atoms with Crippen LogP contribution in [0.25, 0.3) is 0 Å². The number of carbonyl (C=O) groups is 1. The van der Waals surface area contributed by atoms with Crippen molar-refractivity contribution in [3.8, 4) is 0 Å². The zero-order chi connectivity index (χ0) is 15.5. The van der Waals surface area contributed by atoms with E-state index >= 15 is 0 Å². The van der Waals surface area contributed by atoms with Crippen molar-refractivity contribution in [2.75, 3.05) is 19.1 Å². The highest BCUT2D eigenvalue weighted by Crippen LogP contribution is 2.29. The van der Waals surface area contributed by atoms with Gasteiger partial charge in [-0.3, -0.25) is 4.79 Å². The lowest BCUT2D eigenvalue weighted by atomic mass is 9.91. The number of amides is 1. The van der Waals surface area contributed by atoms with Crippen LogP contribution in [0.5, 0.6) is 0 Å². The molecular weight excluding hydrogens is 307 g/mol. The molecule has 0 aliphatic carbocycles. The number of alkyl halides is 4. The molecule has 116 valence electrons. The Hall–Kier alpha value is -1.27. The van der Waals surface area contributed by atoms with Gasteiger partial charge in [-0.15, -0.1) is 11.6 Å². The second-order valence-corrected chi connectivity index (χ2v) is 5.32. The van der Waals surface area contributed by atoms with Gasteiger partial charge in [-0.1, -0.05) is 0 Å². The van der Waals surface area contributed by atoms with Crippen LogP contribution in [0.2, 0.25) is 0 Å². The predicted octanol–water partition coefficient (Wildman–Crippen LogP) is 3.22. The summed E-state index contributed by atoms with van der Waals surface area (Å²) in [5.74, 6) is -0.186. The van der Waals surface area contributed by atoms with Gasteiger partial charge < -0.3 is 10.1 Å². The highest BCUT2D eigenvalue weighted by atomic mass is 35.5. The fourth-order valence-corrected chi connectivity index (χ4v) is 2.51. The lowest BCUT2D eigenvalue weighted by Crippen LogP contribution is -2.53. The van der Waals surface area contributed by atoms with Crippen LogP contribution in [0.3, 0.4) is 0 Å². The average Bonchev–Trinajstić information content (AvgIpc) is 2.47. The Morgan fingerprint density at radius 2 is 1.81 bits per heavy atom. The van der Waals surface area contributed by atoms with Crippen LogP contribution in [0.4, 0.5) is 13.2 Å². The van der Waals surface area contributed by atoms with Crippen molar-refractivity contribution in [3.63, 3.8) is 0 Å². The Labute approximate surface area is 125 Å². The topological polar surface area (TPSA) is 38.3 Å². The van der Waals surface area contributed by atoms with E-state index in [4.69, 9.17) is 16.3 Å². The summed E-state index contributed by atoms with van der Waals surface area (Å²) in [6, 6.07) is 4.12. The van der Waals surface area contributed by atoms with Crippen molar-refractivity contribution in [1.82, 2.24) is 5.32 Å². The Bertz CT molecular complexity index is 496. The van der Waals surface area contributed by atoms with Gasteiger partial charge in [-0.2, -0.15) is 13.2 Å². The van der Waals surface area contributed by atoms with Gasteiger partial charge in [0.05, 0.1) is 11.1 Å². The van der Waals surface area contributed by atoms with E-state index in [1.807, 2.05) is 0 Å². The molecule has 1 heterocycles. The number of hydrogen-bond acceptors (Lipinski definition) is 2. The normalized spacial score (nSPS) is 18.3. The molecule has 0 bridgehead atoms. The molecule has 1 aromatic carbocycles. The van der Waals surface area contributed by atoms with E-state index in [-0.39, 0.29) is 11.4 Å². The number of rotatable bonds is 3. The molecule has 1 amide bonds. The van der Waals surface area contributed by atoms with Gasteiger partial charge in [0.25, 0.3) is 5.91 Å². The largest absolute Gasteiger partial charge is 0.416 e.